The number of likely N-dealkylation sites (tertiary alicyclic amines) is 2. The zero-order valence-electron chi connectivity index (χ0n) is 14.2. The number of rotatable bonds is 2. The number of amides is 1. The molecule has 3 saturated heterocycles. The predicted molar refractivity (Wildman–Crippen MR) is 89.4 cm³/mol. The van der Waals surface area contributed by atoms with Crippen molar-refractivity contribution in [3.05, 3.63) is 12.3 Å². The summed E-state index contributed by atoms with van der Waals surface area (Å²) < 4.78 is 0. The lowest BCUT2D eigenvalue weighted by Gasteiger charge is -2.41. The minimum Gasteiger partial charge on any atom is -0.388 e. The standard InChI is InChI=1S/C18H31N3O/c1-14(2)20-8-4-16(5-9-20)17(22)21-10-6-18(7-11-21)12-15(3)19-13-18/h14,16,19H,3-13H2,1-2H3. The summed E-state index contributed by atoms with van der Waals surface area (Å²) >= 11 is 0. The lowest BCUT2D eigenvalue weighted by Crippen LogP contribution is -2.48. The molecule has 0 atom stereocenters. The Morgan fingerprint density at radius 1 is 1.23 bits per heavy atom. The van der Waals surface area contributed by atoms with Crippen LogP contribution in [0.2, 0.25) is 0 Å². The van der Waals surface area contributed by atoms with Crippen LogP contribution in [0.4, 0.5) is 0 Å². The smallest absolute Gasteiger partial charge is 0.225 e. The molecule has 1 spiro atoms. The zero-order chi connectivity index (χ0) is 15.7. The number of carbonyl (C=O) groups excluding carboxylic acids is 1. The minimum absolute atomic E-state index is 0.265. The summed E-state index contributed by atoms with van der Waals surface area (Å²) in [5.74, 6) is 0.684. The van der Waals surface area contributed by atoms with Crippen LogP contribution in [-0.4, -0.2) is 54.5 Å². The van der Waals surface area contributed by atoms with Gasteiger partial charge >= 0.3 is 0 Å². The van der Waals surface area contributed by atoms with Crippen molar-refractivity contribution >= 4 is 5.91 Å². The highest BCUT2D eigenvalue weighted by atomic mass is 16.2. The summed E-state index contributed by atoms with van der Waals surface area (Å²) in [6, 6.07) is 0.605. The van der Waals surface area contributed by atoms with Crippen LogP contribution < -0.4 is 5.32 Å². The molecule has 1 amide bonds. The summed E-state index contributed by atoms with van der Waals surface area (Å²) in [6.07, 6.45) is 5.45. The van der Waals surface area contributed by atoms with Gasteiger partial charge in [-0.15, -0.1) is 0 Å². The maximum Gasteiger partial charge on any atom is 0.225 e. The van der Waals surface area contributed by atoms with Crippen LogP contribution in [0, 0.1) is 11.3 Å². The molecule has 0 saturated carbocycles. The van der Waals surface area contributed by atoms with Crippen molar-refractivity contribution in [3.63, 3.8) is 0 Å². The molecule has 3 heterocycles. The van der Waals surface area contributed by atoms with E-state index < -0.39 is 0 Å². The average Bonchev–Trinajstić information content (AvgIpc) is 2.88. The molecular weight excluding hydrogens is 274 g/mol. The van der Waals surface area contributed by atoms with Crippen LogP contribution in [-0.2, 0) is 4.79 Å². The van der Waals surface area contributed by atoms with Gasteiger partial charge < -0.3 is 15.1 Å². The Morgan fingerprint density at radius 3 is 2.36 bits per heavy atom. The van der Waals surface area contributed by atoms with Gasteiger partial charge in [-0.1, -0.05) is 6.58 Å². The molecule has 3 aliphatic rings. The highest BCUT2D eigenvalue weighted by molar-refractivity contribution is 5.79. The van der Waals surface area contributed by atoms with Gasteiger partial charge in [0.15, 0.2) is 0 Å². The number of nitrogens with zero attached hydrogens (tertiary/aromatic N) is 2. The monoisotopic (exact) mass is 305 g/mol. The first-order valence-corrected chi connectivity index (χ1v) is 8.94. The first kappa shape index (κ1) is 15.9. The fraction of sp³-hybridized carbons (Fsp3) is 0.833. The third kappa shape index (κ3) is 3.17. The number of carbonyl (C=O) groups is 1. The van der Waals surface area contributed by atoms with Crippen molar-refractivity contribution in [1.29, 1.82) is 0 Å². The Labute approximate surface area is 134 Å². The van der Waals surface area contributed by atoms with Gasteiger partial charge in [0.1, 0.15) is 0 Å². The van der Waals surface area contributed by atoms with E-state index in [1.165, 1.54) is 5.70 Å². The Bertz CT molecular complexity index is 430. The highest BCUT2D eigenvalue weighted by Gasteiger charge is 2.40. The van der Waals surface area contributed by atoms with Crippen molar-refractivity contribution in [2.45, 2.75) is 52.0 Å². The highest BCUT2D eigenvalue weighted by Crippen LogP contribution is 2.40. The van der Waals surface area contributed by atoms with Gasteiger partial charge in [-0.25, -0.2) is 0 Å². The van der Waals surface area contributed by atoms with Crippen molar-refractivity contribution in [1.82, 2.24) is 15.1 Å². The summed E-state index contributed by atoms with van der Waals surface area (Å²) in [5, 5.41) is 3.40. The van der Waals surface area contributed by atoms with Gasteiger partial charge in [0, 0.05) is 37.3 Å². The van der Waals surface area contributed by atoms with Gasteiger partial charge in [0.2, 0.25) is 5.91 Å². The lowest BCUT2D eigenvalue weighted by atomic mass is 9.77. The van der Waals surface area contributed by atoms with Crippen molar-refractivity contribution in [3.8, 4) is 0 Å². The van der Waals surface area contributed by atoms with E-state index in [1.807, 2.05) is 0 Å². The van der Waals surface area contributed by atoms with Crippen molar-refractivity contribution in [2.75, 3.05) is 32.7 Å². The second-order valence-electron chi connectivity index (χ2n) is 7.86. The molecule has 3 rings (SSSR count). The third-order valence-electron chi connectivity index (χ3n) is 6.05. The number of nitrogens with one attached hydrogen (secondary N) is 1. The van der Waals surface area contributed by atoms with Crippen LogP contribution >= 0.6 is 0 Å². The molecule has 1 N–H and O–H groups in total. The molecule has 0 aliphatic carbocycles. The molecule has 3 fully saturated rings. The Balaban J connectivity index is 1.49. The van der Waals surface area contributed by atoms with Crippen LogP contribution in [0.5, 0.6) is 0 Å². The van der Waals surface area contributed by atoms with Gasteiger partial charge in [0.05, 0.1) is 0 Å². The molecule has 0 unspecified atom stereocenters. The number of hydrogen-bond acceptors (Lipinski definition) is 3. The molecule has 3 aliphatic heterocycles. The lowest BCUT2D eigenvalue weighted by molar-refractivity contribution is -0.139. The first-order valence-electron chi connectivity index (χ1n) is 8.94. The molecule has 0 aromatic rings. The van der Waals surface area contributed by atoms with E-state index >= 15 is 0 Å². The normalized spacial score (nSPS) is 26.7. The topological polar surface area (TPSA) is 35.6 Å². The van der Waals surface area contributed by atoms with Gasteiger partial charge in [-0.2, -0.15) is 0 Å². The van der Waals surface area contributed by atoms with E-state index in [0.29, 0.717) is 17.4 Å². The molecule has 4 nitrogen and oxygen atoms in total. The minimum atomic E-state index is 0.265. The van der Waals surface area contributed by atoms with Crippen LogP contribution in [0.1, 0.15) is 46.0 Å². The van der Waals surface area contributed by atoms with E-state index in [2.05, 4.69) is 35.5 Å². The van der Waals surface area contributed by atoms with E-state index in [9.17, 15) is 4.79 Å². The van der Waals surface area contributed by atoms with Crippen molar-refractivity contribution in [2.24, 2.45) is 11.3 Å². The molecule has 0 bridgehead atoms. The maximum absolute atomic E-state index is 12.8. The van der Waals surface area contributed by atoms with E-state index in [1.54, 1.807) is 0 Å². The Hall–Kier alpha value is -1.03. The van der Waals surface area contributed by atoms with E-state index in [-0.39, 0.29) is 5.92 Å². The van der Waals surface area contributed by atoms with Crippen molar-refractivity contribution < 1.29 is 4.79 Å². The molecule has 124 valence electrons. The van der Waals surface area contributed by atoms with Gasteiger partial charge in [0.25, 0.3) is 0 Å². The average molecular weight is 305 g/mol. The molecule has 0 radical (unpaired) electrons. The zero-order valence-corrected chi connectivity index (χ0v) is 14.2. The number of hydrogen-bond donors (Lipinski definition) is 1. The summed E-state index contributed by atoms with van der Waals surface area (Å²) in [5.41, 5.74) is 1.57. The second kappa shape index (κ2) is 6.23. The predicted octanol–water partition coefficient (Wildman–Crippen LogP) is 2.22. The van der Waals surface area contributed by atoms with Crippen LogP contribution in [0.3, 0.4) is 0 Å². The first-order chi connectivity index (χ1) is 10.5. The number of piperidine rings is 2. The summed E-state index contributed by atoms with van der Waals surface area (Å²) in [4.78, 5) is 17.4. The molecule has 22 heavy (non-hydrogen) atoms. The molecule has 0 aromatic heterocycles. The van der Waals surface area contributed by atoms with E-state index in [0.717, 1.165) is 64.8 Å². The number of allylic oxidation sites excluding steroid dienone is 1. The second-order valence-corrected chi connectivity index (χ2v) is 7.86. The largest absolute Gasteiger partial charge is 0.388 e. The van der Waals surface area contributed by atoms with Gasteiger partial charge in [-0.3, -0.25) is 4.79 Å². The fourth-order valence-corrected chi connectivity index (χ4v) is 4.37. The fourth-order valence-electron chi connectivity index (χ4n) is 4.37. The van der Waals surface area contributed by atoms with E-state index in [4.69, 9.17) is 0 Å². The quantitative estimate of drug-likeness (QED) is 0.850. The Kier molecular flexibility index (Phi) is 4.49. The SMILES string of the molecule is C=C1CC2(CCN(C(=O)C3CCN(C(C)C)CC3)CC2)CN1. The van der Waals surface area contributed by atoms with Crippen LogP contribution in [0.15, 0.2) is 12.3 Å². The Morgan fingerprint density at radius 2 is 1.86 bits per heavy atom. The summed E-state index contributed by atoms with van der Waals surface area (Å²) in [7, 11) is 0. The third-order valence-corrected chi connectivity index (χ3v) is 6.05. The maximum atomic E-state index is 12.8. The molecule has 4 heteroatoms. The molecule has 0 aromatic carbocycles. The summed E-state index contributed by atoms with van der Waals surface area (Å²) in [6.45, 7) is 13.6. The molecular formula is C18H31N3O. The van der Waals surface area contributed by atoms with Gasteiger partial charge in [-0.05, 0) is 64.5 Å². The van der Waals surface area contributed by atoms with Crippen LogP contribution in [0.25, 0.3) is 0 Å².